The fraction of sp³-hybridized carbons (Fsp3) is 0.125. The van der Waals surface area contributed by atoms with E-state index in [0.717, 1.165) is 12.1 Å². The summed E-state index contributed by atoms with van der Waals surface area (Å²) in [6.07, 6.45) is 0. The van der Waals surface area contributed by atoms with Gasteiger partial charge < -0.3 is 10.1 Å². The number of anilines is 1. The number of esters is 1. The molecule has 120 valence electrons. The maximum atomic E-state index is 13.6. The third kappa shape index (κ3) is 4.50. The molecular weight excluding hydrogens is 328 g/mol. The maximum Gasteiger partial charge on any atom is 0.338 e. The molecule has 1 amide bonds. The smallest absolute Gasteiger partial charge is 0.338 e. The molecule has 23 heavy (non-hydrogen) atoms. The van der Waals surface area contributed by atoms with Gasteiger partial charge in [-0.05, 0) is 42.8 Å². The highest BCUT2D eigenvalue weighted by Crippen LogP contribution is 2.17. The van der Waals surface area contributed by atoms with Crippen LogP contribution in [0, 0.1) is 18.6 Å². The van der Waals surface area contributed by atoms with Crippen molar-refractivity contribution >= 4 is 29.2 Å². The van der Waals surface area contributed by atoms with E-state index < -0.39 is 30.1 Å². The minimum absolute atomic E-state index is 0.00529. The van der Waals surface area contributed by atoms with Crippen molar-refractivity contribution in [1.82, 2.24) is 0 Å². The number of aryl methyl sites for hydroxylation is 1. The number of benzene rings is 2. The number of hydrogen-bond donors (Lipinski definition) is 1. The molecule has 7 heteroatoms. The number of carbonyl (C=O) groups excluding carboxylic acids is 2. The first kappa shape index (κ1) is 16.9. The van der Waals surface area contributed by atoms with Crippen LogP contribution < -0.4 is 5.32 Å². The van der Waals surface area contributed by atoms with Crippen LogP contribution in [0.1, 0.15) is 15.9 Å². The number of amides is 1. The Morgan fingerprint density at radius 3 is 2.52 bits per heavy atom. The summed E-state index contributed by atoms with van der Waals surface area (Å²) in [5.74, 6) is -2.80. The lowest BCUT2D eigenvalue weighted by atomic mass is 10.2. The van der Waals surface area contributed by atoms with E-state index in [2.05, 4.69) is 5.32 Å². The second-order valence-electron chi connectivity index (χ2n) is 4.74. The van der Waals surface area contributed by atoms with E-state index in [0.29, 0.717) is 5.56 Å². The van der Waals surface area contributed by atoms with Gasteiger partial charge >= 0.3 is 5.97 Å². The van der Waals surface area contributed by atoms with Gasteiger partial charge in [-0.15, -0.1) is 0 Å². The van der Waals surface area contributed by atoms with Crippen LogP contribution in [0.5, 0.6) is 0 Å². The van der Waals surface area contributed by atoms with Gasteiger partial charge in [-0.2, -0.15) is 0 Å². The summed E-state index contributed by atoms with van der Waals surface area (Å²) in [5.41, 5.74) is 0.701. The lowest BCUT2D eigenvalue weighted by molar-refractivity contribution is -0.119. The van der Waals surface area contributed by atoms with E-state index in [4.69, 9.17) is 16.3 Å². The molecule has 0 radical (unpaired) electrons. The quantitative estimate of drug-likeness (QED) is 0.864. The molecular formula is C16H12ClF2NO3. The molecule has 2 aromatic carbocycles. The molecule has 4 nitrogen and oxygen atoms in total. The first-order valence-corrected chi connectivity index (χ1v) is 6.93. The van der Waals surface area contributed by atoms with Gasteiger partial charge in [-0.25, -0.2) is 13.6 Å². The highest BCUT2D eigenvalue weighted by Gasteiger charge is 2.13. The molecule has 0 aliphatic rings. The molecule has 1 N–H and O–H groups in total. The SMILES string of the molecule is Cc1ccc(NC(=O)COC(=O)c2ccc(F)c(Cl)c2)c(F)c1. The Morgan fingerprint density at radius 2 is 1.87 bits per heavy atom. The molecule has 0 heterocycles. The minimum Gasteiger partial charge on any atom is -0.452 e. The van der Waals surface area contributed by atoms with Crippen molar-refractivity contribution in [3.05, 3.63) is 64.2 Å². The van der Waals surface area contributed by atoms with Crippen LogP contribution in [0.25, 0.3) is 0 Å². The number of ether oxygens (including phenoxy) is 1. The summed E-state index contributed by atoms with van der Waals surface area (Å²) in [6.45, 7) is 1.10. The number of halogens is 3. The zero-order valence-electron chi connectivity index (χ0n) is 12.0. The van der Waals surface area contributed by atoms with Crippen molar-refractivity contribution in [1.29, 1.82) is 0 Å². The molecule has 0 unspecified atom stereocenters. The number of rotatable bonds is 4. The van der Waals surface area contributed by atoms with Crippen molar-refractivity contribution in [2.75, 3.05) is 11.9 Å². The summed E-state index contributed by atoms with van der Waals surface area (Å²) < 4.78 is 31.4. The van der Waals surface area contributed by atoms with Crippen molar-refractivity contribution in [3.8, 4) is 0 Å². The van der Waals surface area contributed by atoms with Crippen LogP contribution >= 0.6 is 11.6 Å². The molecule has 0 bridgehead atoms. The first-order valence-electron chi connectivity index (χ1n) is 6.55. The monoisotopic (exact) mass is 339 g/mol. The standard InChI is InChI=1S/C16H12ClF2NO3/c1-9-2-5-14(13(19)6-9)20-15(21)8-23-16(22)10-3-4-12(18)11(17)7-10/h2-7H,8H2,1H3,(H,20,21). The van der Waals surface area contributed by atoms with E-state index in [1.165, 1.54) is 18.2 Å². The third-order valence-corrected chi connectivity index (χ3v) is 3.18. The maximum absolute atomic E-state index is 13.6. The van der Waals surface area contributed by atoms with Crippen LogP contribution in [-0.2, 0) is 9.53 Å². The van der Waals surface area contributed by atoms with Gasteiger partial charge in [0.2, 0.25) is 0 Å². The second kappa shape index (κ2) is 7.19. The Hall–Kier alpha value is -2.47. The van der Waals surface area contributed by atoms with E-state index in [-0.39, 0.29) is 16.3 Å². The van der Waals surface area contributed by atoms with E-state index in [1.54, 1.807) is 13.0 Å². The molecule has 2 rings (SSSR count). The van der Waals surface area contributed by atoms with Crippen molar-refractivity contribution in [2.24, 2.45) is 0 Å². The van der Waals surface area contributed by atoms with Gasteiger partial charge in [0, 0.05) is 0 Å². The number of hydrogen-bond acceptors (Lipinski definition) is 3. The molecule has 0 aliphatic carbocycles. The van der Waals surface area contributed by atoms with E-state index in [1.807, 2.05) is 0 Å². The fourth-order valence-electron chi connectivity index (χ4n) is 1.75. The highest BCUT2D eigenvalue weighted by molar-refractivity contribution is 6.31. The van der Waals surface area contributed by atoms with Gasteiger partial charge in [0.1, 0.15) is 11.6 Å². The number of nitrogens with one attached hydrogen (secondary N) is 1. The zero-order valence-corrected chi connectivity index (χ0v) is 12.8. The molecule has 0 aromatic heterocycles. The Morgan fingerprint density at radius 1 is 1.13 bits per heavy atom. The lowest BCUT2D eigenvalue weighted by Gasteiger charge is -2.08. The van der Waals surface area contributed by atoms with Gasteiger partial charge in [-0.3, -0.25) is 4.79 Å². The van der Waals surface area contributed by atoms with E-state index >= 15 is 0 Å². The summed E-state index contributed by atoms with van der Waals surface area (Å²) >= 11 is 5.55. The third-order valence-electron chi connectivity index (χ3n) is 2.89. The summed E-state index contributed by atoms with van der Waals surface area (Å²) in [6, 6.07) is 7.59. The molecule has 2 aromatic rings. The van der Waals surface area contributed by atoms with Crippen LogP contribution in [0.15, 0.2) is 36.4 Å². The molecule has 0 saturated carbocycles. The Labute approximate surface area is 136 Å². The van der Waals surface area contributed by atoms with Crippen LogP contribution in [0.3, 0.4) is 0 Å². The van der Waals surface area contributed by atoms with Crippen LogP contribution in [0.4, 0.5) is 14.5 Å². The minimum atomic E-state index is -0.841. The molecule has 0 saturated heterocycles. The average Bonchev–Trinajstić information content (AvgIpc) is 2.50. The largest absolute Gasteiger partial charge is 0.452 e. The molecule has 0 aliphatic heterocycles. The van der Waals surface area contributed by atoms with Gasteiger partial charge in [0.25, 0.3) is 5.91 Å². The van der Waals surface area contributed by atoms with Crippen molar-refractivity contribution < 1.29 is 23.1 Å². The number of carbonyl (C=O) groups is 2. The Balaban J connectivity index is 1.93. The molecule has 0 fully saturated rings. The van der Waals surface area contributed by atoms with E-state index in [9.17, 15) is 18.4 Å². The predicted molar refractivity (Wildman–Crippen MR) is 81.5 cm³/mol. The topological polar surface area (TPSA) is 55.4 Å². The van der Waals surface area contributed by atoms with Gasteiger partial charge in [0.15, 0.2) is 6.61 Å². The van der Waals surface area contributed by atoms with Crippen LogP contribution in [-0.4, -0.2) is 18.5 Å². The summed E-state index contributed by atoms with van der Waals surface area (Å²) in [5, 5.41) is 2.06. The Kier molecular flexibility index (Phi) is 5.28. The second-order valence-corrected chi connectivity index (χ2v) is 5.14. The lowest BCUT2D eigenvalue weighted by Crippen LogP contribution is -2.21. The average molecular weight is 340 g/mol. The molecule has 0 atom stereocenters. The van der Waals surface area contributed by atoms with Crippen molar-refractivity contribution in [2.45, 2.75) is 6.92 Å². The summed E-state index contributed by atoms with van der Waals surface area (Å²) in [4.78, 5) is 23.4. The van der Waals surface area contributed by atoms with Gasteiger partial charge in [0.05, 0.1) is 16.3 Å². The Bertz CT molecular complexity index is 765. The van der Waals surface area contributed by atoms with Crippen LogP contribution in [0.2, 0.25) is 5.02 Å². The normalized spacial score (nSPS) is 10.3. The fourth-order valence-corrected chi connectivity index (χ4v) is 1.93. The predicted octanol–water partition coefficient (Wildman–Crippen LogP) is 3.72. The highest BCUT2D eigenvalue weighted by atomic mass is 35.5. The zero-order chi connectivity index (χ0) is 17.0. The summed E-state index contributed by atoms with van der Waals surface area (Å²) in [7, 11) is 0. The molecule has 0 spiro atoms. The first-order chi connectivity index (χ1) is 10.9. The van der Waals surface area contributed by atoms with Crippen molar-refractivity contribution in [3.63, 3.8) is 0 Å². The van der Waals surface area contributed by atoms with Gasteiger partial charge in [-0.1, -0.05) is 17.7 Å².